The molecular weight excluding hydrogens is 323 g/mol. The van der Waals surface area contributed by atoms with Gasteiger partial charge < -0.3 is 4.42 Å². The maximum Gasteiger partial charge on any atom is 0.332 e. The van der Waals surface area contributed by atoms with Crippen LogP contribution in [0.3, 0.4) is 0 Å². The quantitative estimate of drug-likeness (QED) is 0.854. The van der Waals surface area contributed by atoms with Crippen LogP contribution in [-0.4, -0.2) is 21.8 Å². The van der Waals surface area contributed by atoms with Crippen LogP contribution in [0, 0.1) is 13.8 Å². The molecule has 1 N–H and O–H groups in total. The number of oxazole rings is 1. The summed E-state index contributed by atoms with van der Waals surface area (Å²) in [6.45, 7) is 3.28. The lowest BCUT2D eigenvalue weighted by atomic mass is 10.4. The fraction of sp³-hybridized carbons (Fsp3) is 0.182. The van der Waals surface area contributed by atoms with Crippen molar-refractivity contribution in [1.29, 1.82) is 0 Å². The highest BCUT2D eigenvalue weighted by atomic mass is 32.3. The minimum atomic E-state index is -4.87. The van der Waals surface area contributed by atoms with E-state index in [0.29, 0.717) is 11.5 Å². The number of nitrogens with one attached hydrogen (secondary N) is 1. The van der Waals surface area contributed by atoms with E-state index in [4.69, 9.17) is 4.42 Å². The van der Waals surface area contributed by atoms with E-state index in [0.717, 1.165) is 24.3 Å². The number of halogens is 1. The van der Waals surface area contributed by atoms with Gasteiger partial charge in [-0.1, -0.05) is 0 Å². The SMILES string of the molecule is Cc1nc(NS(=O)(=O)c2ccc(S(=O)(=O)F)cc2)oc1C. The van der Waals surface area contributed by atoms with Crippen molar-refractivity contribution >= 4 is 26.3 Å². The van der Waals surface area contributed by atoms with Crippen LogP contribution < -0.4 is 4.72 Å². The number of hydrogen-bond donors (Lipinski definition) is 1. The Bertz CT molecular complexity index is 850. The summed E-state index contributed by atoms with van der Waals surface area (Å²) in [4.78, 5) is 3.00. The molecule has 114 valence electrons. The lowest BCUT2D eigenvalue weighted by Gasteiger charge is -2.04. The van der Waals surface area contributed by atoms with Gasteiger partial charge in [-0.05, 0) is 38.1 Å². The summed E-state index contributed by atoms with van der Waals surface area (Å²) >= 11 is 0. The molecule has 2 rings (SSSR count). The standard InChI is InChI=1S/C11H11FN2O5S2/c1-7-8(2)19-11(13-7)14-21(17,18)10-5-3-9(4-6-10)20(12,15)16/h3-6H,1-2H3,(H,13,14). The van der Waals surface area contributed by atoms with E-state index < -0.39 is 25.1 Å². The van der Waals surface area contributed by atoms with Gasteiger partial charge in [-0.2, -0.15) is 13.4 Å². The molecule has 0 radical (unpaired) electrons. The van der Waals surface area contributed by atoms with Crippen molar-refractivity contribution < 1.29 is 25.1 Å². The minimum Gasteiger partial charge on any atom is -0.428 e. The van der Waals surface area contributed by atoms with E-state index in [1.54, 1.807) is 13.8 Å². The summed E-state index contributed by atoms with van der Waals surface area (Å²) < 4.78 is 65.3. The molecule has 2 aromatic rings. The number of nitrogens with zero attached hydrogens (tertiary/aromatic N) is 1. The Kier molecular flexibility index (Phi) is 3.76. The van der Waals surface area contributed by atoms with Crippen LogP contribution in [-0.2, 0) is 20.2 Å². The predicted octanol–water partition coefficient (Wildman–Crippen LogP) is 1.75. The van der Waals surface area contributed by atoms with Crippen molar-refractivity contribution in [3.63, 3.8) is 0 Å². The average molecular weight is 334 g/mol. The number of aryl methyl sites for hydroxylation is 2. The summed E-state index contributed by atoms with van der Waals surface area (Å²) in [6.07, 6.45) is 0. The smallest absolute Gasteiger partial charge is 0.332 e. The predicted molar refractivity (Wildman–Crippen MR) is 71.5 cm³/mol. The number of anilines is 1. The topological polar surface area (TPSA) is 106 Å². The Morgan fingerprint density at radius 1 is 1.05 bits per heavy atom. The molecule has 0 spiro atoms. The van der Waals surface area contributed by atoms with E-state index >= 15 is 0 Å². The normalized spacial score (nSPS) is 12.3. The molecule has 0 amide bonds. The van der Waals surface area contributed by atoms with Crippen LogP contribution in [0.5, 0.6) is 0 Å². The van der Waals surface area contributed by atoms with E-state index in [1.165, 1.54) is 0 Å². The maximum atomic E-state index is 12.7. The molecule has 0 saturated carbocycles. The largest absolute Gasteiger partial charge is 0.428 e. The zero-order chi connectivity index (χ0) is 15.8. The first-order chi connectivity index (χ1) is 9.59. The van der Waals surface area contributed by atoms with Gasteiger partial charge in [0.25, 0.3) is 10.0 Å². The number of aromatic nitrogens is 1. The van der Waals surface area contributed by atoms with Gasteiger partial charge in [0.2, 0.25) is 0 Å². The second-order valence-corrected chi connectivity index (χ2v) is 7.20. The van der Waals surface area contributed by atoms with Crippen molar-refractivity contribution in [2.24, 2.45) is 0 Å². The zero-order valence-corrected chi connectivity index (χ0v) is 12.6. The second kappa shape index (κ2) is 5.11. The Hall–Kier alpha value is -1.94. The first kappa shape index (κ1) is 15.4. The zero-order valence-electron chi connectivity index (χ0n) is 11.0. The van der Waals surface area contributed by atoms with Crippen LogP contribution in [0.1, 0.15) is 11.5 Å². The van der Waals surface area contributed by atoms with Gasteiger partial charge in [-0.25, -0.2) is 13.1 Å². The maximum absolute atomic E-state index is 12.7. The minimum absolute atomic E-state index is 0.202. The highest BCUT2D eigenvalue weighted by Crippen LogP contribution is 2.20. The summed E-state index contributed by atoms with van der Waals surface area (Å²) in [5, 5.41) is 0. The van der Waals surface area contributed by atoms with Crippen LogP contribution >= 0.6 is 0 Å². The number of hydrogen-bond acceptors (Lipinski definition) is 6. The number of rotatable bonds is 4. The van der Waals surface area contributed by atoms with Crippen LogP contribution in [0.25, 0.3) is 0 Å². The molecule has 0 saturated heterocycles. The fourth-order valence-corrected chi connectivity index (χ4v) is 2.86. The molecule has 1 aromatic carbocycles. The molecule has 0 aliphatic carbocycles. The van der Waals surface area contributed by atoms with Gasteiger partial charge >= 0.3 is 16.2 Å². The second-order valence-electron chi connectivity index (χ2n) is 4.18. The lowest BCUT2D eigenvalue weighted by Crippen LogP contribution is -2.13. The van der Waals surface area contributed by atoms with Crippen molar-refractivity contribution in [3.8, 4) is 0 Å². The van der Waals surface area contributed by atoms with E-state index in [-0.39, 0.29) is 10.9 Å². The third-order valence-electron chi connectivity index (χ3n) is 2.67. The Morgan fingerprint density at radius 3 is 2.00 bits per heavy atom. The van der Waals surface area contributed by atoms with Crippen LogP contribution in [0.15, 0.2) is 38.5 Å². The third-order valence-corrected chi connectivity index (χ3v) is 4.84. The summed E-state index contributed by atoms with van der Waals surface area (Å²) in [7, 11) is -8.87. The first-order valence-electron chi connectivity index (χ1n) is 5.61. The number of benzene rings is 1. The number of sulfonamides is 1. The Balaban J connectivity index is 2.31. The molecule has 0 fully saturated rings. The molecule has 7 nitrogen and oxygen atoms in total. The van der Waals surface area contributed by atoms with Gasteiger partial charge in [0.1, 0.15) is 5.76 Å². The highest BCUT2D eigenvalue weighted by Gasteiger charge is 2.19. The monoisotopic (exact) mass is 334 g/mol. The summed E-state index contributed by atoms with van der Waals surface area (Å²) in [6, 6.07) is 3.45. The molecule has 0 aliphatic rings. The van der Waals surface area contributed by atoms with Crippen LogP contribution in [0.2, 0.25) is 0 Å². The molecule has 0 aliphatic heterocycles. The van der Waals surface area contributed by atoms with Crippen molar-refractivity contribution in [2.75, 3.05) is 4.72 Å². The van der Waals surface area contributed by atoms with Crippen molar-refractivity contribution in [1.82, 2.24) is 4.98 Å². The van der Waals surface area contributed by atoms with Crippen molar-refractivity contribution in [3.05, 3.63) is 35.7 Å². The van der Waals surface area contributed by atoms with E-state index in [2.05, 4.69) is 9.71 Å². The first-order valence-corrected chi connectivity index (χ1v) is 8.48. The van der Waals surface area contributed by atoms with Gasteiger partial charge in [0.05, 0.1) is 15.5 Å². The van der Waals surface area contributed by atoms with Gasteiger partial charge in [-0.3, -0.25) is 0 Å². The van der Waals surface area contributed by atoms with Gasteiger partial charge in [0, 0.05) is 0 Å². The molecule has 0 bridgehead atoms. The highest BCUT2D eigenvalue weighted by molar-refractivity contribution is 7.92. The average Bonchev–Trinajstić information content (AvgIpc) is 2.66. The molecular formula is C11H11FN2O5S2. The lowest BCUT2D eigenvalue weighted by molar-refractivity contribution is 0.541. The molecule has 1 heterocycles. The van der Waals surface area contributed by atoms with Crippen molar-refractivity contribution in [2.45, 2.75) is 23.6 Å². The van der Waals surface area contributed by atoms with Gasteiger partial charge in [0.15, 0.2) is 0 Å². The summed E-state index contributed by atoms with van der Waals surface area (Å²) in [5.41, 5.74) is 0.534. The Labute approximate surface area is 121 Å². The van der Waals surface area contributed by atoms with E-state index in [9.17, 15) is 20.7 Å². The molecule has 0 unspecified atom stereocenters. The molecule has 10 heteroatoms. The molecule has 0 atom stereocenters. The van der Waals surface area contributed by atoms with Crippen LogP contribution in [0.4, 0.5) is 9.90 Å². The van der Waals surface area contributed by atoms with E-state index in [1.807, 2.05) is 0 Å². The Morgan fingerprint density at radius 2 is 1.57 bits per heavy atom. The summed E-state index contributed by atoms with van der Waals surface area (Å²) in [5.74, 6) is 0.464. The molecule has 21 heavy (non-hydrogen) atoms. The third kappa shape index (κ3) is 3.39. The fourth-order valence-electron chi connectivity index (χ4n) is 1.47. The van der Waals surface area contributed by atoms with Gasteiger partial charge in [-0.15, -0.1) is 3.89 Å². The molecule has 1 aromatic heterocycles.